The van der Waals surface area contributed by atoms with E-state index in [-0.39, 0.29) is 0 Å². The molecule has 82 valence electrons. The van der Waals surface area contributed by atoms with Gasteiger partial charge in [0, 0.05) is 18.3 Å². The Hall–Kier alpha value is -1.87. The van der Waals surface area contributed by atoms with Gasteiger partial charge in [-0.2, -0.15) is 0 Å². The first-order valence-corrected chi connectivity index (χ1v) is 5.17. The summed E-state index contributed by atoms with van der Waals surface area (Å²) in [7, 11) is 0. The minimum Gasteiger partial charge on any atom is -0.455 e. The lowest BCUT2D eigenvalue weighted by Gasteiger charge is -2.09. The molecule has 3 nitrogen and oxygen atoms in total. The van der Waals surface area contributed by atoms with Crippen LogP contribution in [0.5, 0.6) is 11.5 Å². The predicted octanol–water partition coefficient (Wildman–Crippen LogP) is 2.64. The summed E-state index contributed by atoms with van der Waals surface area (Å²) in [5.74, 6) is 1.52. The zero-order valence-corrected chi connectivity index (χ0v) is 9.18. The van der Waals surface area contributed by atoms with Gasteiger partial charge >= 0.3 is 0 Å². The fraction of sp³-hybridized carbons (Fsp3) is 0.154. The number of benzene rings is 1. The SMILES string of the molecule is Cc1ccc(Oc2cnccc2CN)cc1. The van der Waals surface area contributed by atoms with E-state index < -0.39 is 0 Å². The Morgan fingerprint density at radius 2 is 1.94 bits per heavy atom. The third kappa shape index (κ3) is 2.38. The van der Waals surface area contributed by atoms with Crippen LogP contribution in [0.1, 0.15) is 11.1 Å². The number of aryl methyl sites for hydroxylation is 1. The van der Waals surface area contributed by atoms with Gasteiger partial charge in [-0.15, -0.1) is 0 Å². The highest BCUT2D eigenvalue weighted by atomic mass is 16.5. The smallest absolute Gasteiger partial charge is 0.150 e. The van der Waals surface area contributed by atoms with Gasteiger partial charge in [0.2, 0.25) is 0 Å². The number of pyridine rings is 1. The van der Waals surface area contributed by atoms with Crippen molar-refractivity contribution in [2.45, 2.75) is 13.5 Å². The Morgan fingerprint density at radius 3 is 2.62 bits per heavy atom. The van der Waals surface area contributed by atoms with Gasteiger partial charge in [0.25, 0.3) is 0 Å². The van der Waals surface area contributed by atoms with Crippen molar-refractivity contribution in [3.05, 3.63) is 53.9 Å². The fourth-order valence-electron chi connectivity index (χ4n) is 1.40. The Kier molecular flexibility index (Phi) is 3.17. The zero-order chi connectivity index (χ0) is 11.4. The molecule has 1 aromatic carbocycles. The van der Waals surface area contributed by atoms with E-state index in [1.54, 1.807) is 12.4 Å². The van der Waals surface area contributed by atoms with E-state index >= 15 is 0 Å². The van der Waals surface area contributed by atoms with Crippen LogP contribution in [0.2, 0.25) is 0 Å². The van der Waals surface area contributed by atoms with Crippen molar-refractivity contribution < 1.29 is 4.74 Å². The quantitative estimate of drug-likeness (QED) is 0.854. The molecule has 2 aromatic rings. The summed E-state index contributed by atoms with van der Waals surface area (Å²) in [6, 6.07) is 9.75. The highest BCUT2D eigenvalue weighted by molar-refractivity contribution is 5.36. The molecule has 1 aromatic heterocycles. The van der Waals surface area contributed by atoms with Crippen LogP contribution < -0.4 is 10.5 Å². The second-order valence-electron chi connectivity index (χ2n) is 3.60. The third-order valence-electron chi connectivity index (χ3n) is 2.34. The summed E-state index contributed by atoms with van der Waals surface area (Å²) in [6.07, 6.45) is 3.40. The molecule has 3 heteroatoms. The first-order valence-electron chi connectivity index (χ1n) is 5.17. The second-order valence-corrected chi connectivity index (χ2v) is 3.60. The maximum Gasteiger partial charge on any atom is 0.150 e. The average Bonchev–Trinajstić information content (AvgIpc) is 2.33. The molecule has 0 saturated heterocycles. The molecule has 16 heavy (non-hydrogen) atoms. The van der Waals surface area contributed by atoms with Gasteiger partial charge in [0.15, 0.2) is 0 Å². The lowest BCUT2D eigenvalue weighted by Crippen LogP contribution is -1.99. The summed E-state index contributed by atoms with van der Waals surface area (Å²) in [5, 5.41) is 0. The Bertz CT molecular complexity index is 466. The van der Waals surface area contributed by atoms with Crippen LogP contribution in [-0.4, -0.2) is 4.98 Å². The van der Waals surface area contributed by atoms with Gasteiger partial charge in [0.1, 0.15) is 11.5 Å². The average molecular weight is 214 g/mol. The maximum atomic E-state index is 5.71. The highest BCUT2D eigenvalue weighted by Crippen LogP contribution is 2.24. The Labute approximate surface area is 94.9 Å². The number of hydrogen-bond acceptors (Lipinski definition) is 3. The number of aromatic nitrogens is 1. The lowest BCUT2D eigenvalue weighted by molar-refractivity contribution is 0.474. The molecule has 2 N–H and O–H groups in total. The standard InChI is InChI=1S/C13H14N2O/c1-10-2-4-12(5-3-10)16-13-9-15-7-6-11(13)8-14/h2-7,9H,8,14H2,1H3. The largest absolute Gasteiger partial charge is 0.455 e. The summed E-state index contributed by atoms with van der Waals surface area (Å²) in [6.45, 7) is 2.49. The van der Waals surface area contributed by atoms with E-state index in [1.807, 2.05) is 37.3 Å². The van der Waals surface area contributed by atoms with Crippen molar-refractivity contribution in [3.8, 4) is 11.5 Å². The van der Waals surface area contributed by atoms with Crippen molar-refractivity contribution in [1.82, 2.24) is 4.98 Å². The molecule has 0 aliphatic carbocycles. The predicted molar refractivity (Wildman–Crippen MR) is 63.4 cm³/mol. The molecule has 0 radical (unpaired) electrons. The summed E-state index contributed by atoms with van der Waals surface area (Å²) < 4.78 is 5.71. The van der Waals surface area contributed by atoms with Gasteiger partial charge in [-0.25, -0.2) is 0 Å². The van der Waals surface area contributed by atoms with Crippen LogP contribution in [-0.2, 0) is 6.54 Å². The summed E-state index contributed by atoms with van der Waals surface area (Å²) in [4.78, 5) is 4.03. The van der Waals surface area contributed by atoms with Crippen LogP contribution in [0.4, 0.5) is 0 Å². The van der Waals surface area contributed by atoms with Crippen LogP contribution in [0.15, 0.2) is 42.7 Å². The number of nitrogens with two attached hydrogens (primary N) is 1. The monoisotopic (exact) mass is 214 g/mol. The number of rotatable bonds is 3. The maximum absolute atomic E-state index is 5.71. The summed E-state index contributed by atoms with van der Waals surface area (Å²) >= 11 is 0. The normalized spacial score (nSPS) is 10.1. The van der Waals surface area contributed by atoms with Crippen LogP contribution >= 0.6 is 0 Å². The van der Waals surface area contributed by atoms with Crippen molar-refractivity contribution >= 4 is 0 Å². The molecule has 0 unspecified atom stereocenters. The third-order valence-corrected chi connectivity index (χ3v) is 2.34. The van der Waals surface area contributed by atoms with Crippen LogP contribution in [0.3, 0.4) is 0 Å². The van der Waals surface area contributed by atoms with Gasteiger partial charge in [-0.1, -0.05) is 17.7 Å². The number of hydrogen-bond donors (Lipinski definition) is 1. The van der Waals surface area contributed by atoms with Crippen molar-refractivity contribution in [2.24, 2.45) is 5.73 Å². The van der Waals surface area contributed by atoms with E-state index in [0.29, 0.717) is 12.3 Å². The lowest BCUT2D eigenvalue weighted by atomic mass is 10.2. The number of nitrogens with zero attached hydrogens (tertiary/aromatic N) is 1. The van der Waals surface area contributed by atoms with Crippen molar-refractivity contribution in [3.63, 3.8) is 0 Å². The molecular weight excluding hydrogens is 200 g/mol. The molecule has 0 spiro atoms. The van der Waals surface area contributed by atoms with E-state index in [0.717, 1.165) is 11.3 Å². The second kappa shape index (κ2) is 4.77. The van der Waals surface area contributed by atoms with E-state index in [9.17, 15) is 0 Å². The molecule has 0 bridgehead atoms. The zero-order valence-electron chi connectivity index (χ0n) is 9.18. The van der Waals surface area contributed by atoms with Crippen LogP contribution in [0, 0.1) is 6.92 Å². The molecule has 0 aliphatic rings. The molecule has 0 fully saturated rings. The minimum absolute atomic E-state index is 0.448. The van der Waals surface area contributed by atoms with E-state index in [4.69, 9.17) is 10.5 Å². The highest BCUT2D eigenvalue weighted by Gasteiger charge is 2.02. The molecule has 0 amide bonds. The minimum atomic E-state index is 0.448. The van der Waals surface area contributed by atoms with Crippen molar-refractivity contribution in [1.29, 1.82) is 0 Å². The van der Waals surface area contributed by atoms with Gasteiger partial charge in [-0.05, 0) is 25.1 Å². The molecule has 2 rings (SSSR count). The van der Waals surface area contributed by atoms with Crippen LogP contribution in [0.25, 0.3) is 0 Å². The van der Waals surface area contributed by atoms with E-state index in [2.05, 4.69) is 4.98 Å². The fourth-order valence-corrected chi connectivity index (χ4v) is 1.40. The molecular formula is C13H14N2O. The first kappa shape index (κ1) is 10.6. The summed E-state index contributed by atoms with van der Waals surface area (Å²) in [5.41, 5.74) is 7.78. The Morgan fingerprint density at radius 1 is 1.19 bits per heavy atom. The van der Waals surface area contributed by atoms with Gasteiger partial charge in [-0.3, -0.25) is 4.98 Å². The number of ether oxygens (including phenoxy) is 1. The molecule has 0 saturated carbocycles. The van der Waals surface area contributed by atoms with Gasteiger partial charge in [0.05, 0.1) is 6.20 Å². The molecule has 0 atom stereocenters. The van der Waals surface area contributed by atoms with E-state index in [1.165, 1.54) is 5.56 Å². The molecule has 1 heterocycles. The Balaban J connectivity index is 2.23. The van der Waals surface area contributed by atoms with Gasteiger partial charge < -0.3 is 10.5 Å². The first-order chi connectivity index (χ1) is 7.79. The topological polar surface area (TPSA) is 48.1 Å². The van der Waals surface area contributed by atoms with Crippen molar-refractivity contribution in [2.75, 3.05) is 0 Å². The molecule has 0 aliphatic heterocycles.